The molecule has 0 spiro atoms. The Labute approximate surface area is 107 Å². The predicted octanol–water partition coefficient (Wildman–Crippen LogP) is 3.01. The topological polar surface area (TPSA) is 56.7 Å². The van der Waals surface area contributed by atoms with E-state index in [1.54, 1.807) is 0 Å². The number of pyridine rings is 1. The van der Waals surface area contributed by atoms with E-state index in [1.165, 1.54) is 19.3 Å². The second-order valence-corrected chi connectivity index (χ2v) is 5.65. The SMILES string of the molecule is CC1CCC(n2c(N)nc3cccnc32)C(C)C1. The van der Waals surface area contributed by atoms with Crippen LogP contribution in [0.15, 0.2) is 18.3 Å². The first-order valence-electron chi connectivity index (χ1n) is 6.75. The first kappa shape index (κ1) is 11.5. The molecule has 0 aliphatic heterocycles. The lowest BCUT2D eigenvalue weighted by atomic mass is 9.80. The standard InChI is InChI=1S/C14H20N4/c1-9-5-6-12(10(2)8-9)18-13-11(17-14(18)15)4-3-7-16-13/h3-4,7,9-10,12H,5-6,8H2,1-2H3,(H2,15,17). The molecular weight excluding hydrogens is 224 g/mol. The highest BCUT2D eigenvalue weighted by Gasteiger charge is 2.29. The smallest absolute Gasteiger partial charge is 0.202 e. The molecule has 2 heterocycles. The average Bonchev–Trinajstić information content (AvgIpc) is 2.66. The van der Waals surface area contributed by atoms with Crippen LogP contribution in [0.2, 0.25) is 0 Å². The Balaban J connectivity index is 2.06. The number of nitrogens with two attached hydrogens (primary N) is 1. The highest BCUT2D eigenvalue weighted by atomic mass is 15.2. The molecule has 1 saturated carbocycles. The van der Waals surface area contributed by atoms with E-state index in [1.807, 2.05) is 18.3 Å². The molecule has 2 N–H and O–H groups in total. The summed E-state index contributed by atoms with van der Waals surface area (Å²) >= 11 is 0. The summed E-state index contributed by atoms with van der Waals surface area (Å²) < 4.78 is 2.14. The van der Waals surface area contributed by atoms with Gasteiger partial charge in [-0.2, -0.15) is 0 Å². The van der Waals surface area contributed by atoms with Gasteiger partial charge >= 0.3 is 0 Å². The first-order valence-corrected chi connectivity index (χ1v) is 6.75. The van der Waals surface area contributed by atoms with Crippen LogP contribution < -0.4 is 5.73 Å². The zero-order valence-corrected chi connectivity index (χ0v) is 11.0. The third kappa shape index (κ3) is 1.76. The minimum absolute atomic E-state index is 0.445. The fraction of sp³-hybridized carbons (Fsp3) is 0.571. The number of nitrogens with zero attached hydrogens (tertiary/aromatic N) is 3. The summed E-state index contributed by atoms with van der Waals surface area (Å²) in [6.07, 6.45) is 5.52. The van der Waals surface area contributed by atoms with E-state index in [2.05, 4.69) is 28.4 Å². The van der Waals surface area contributed by atoms with E-state index in [0.29, 0.717) is 17.9 Å². The van der Waals surface area contributed by atoms with Crippen LogP contribution in [0.4, 0.5) is 5.95 Å². The van der Waals surface area contributed by atoms with Crippen molar-refractivity contribution in [1.29, 1.82) is 0 Å². The number of rotatable bonds is 1. The molecule has 96 valence electrons. The number of fused-ring (bicyclic) bond motifs is 1. The number of nitrogen functional groups attached to an aromatic ring is 1. The van der Waals surface area contributed by atoms with Gasteiger partial charge in [-0.25, -0.2) is 9.97 Å². The number of hydrogen-bond donors (Lipinski definition) is 1. The van der Waals surface area contributed by atoms with Crippen molar-refractivity contribution in [2.24, 2.45) is 11.8 Å². The van der Waals surface area contributed by atoms with Crippen molar-refractivity contribution < 1.29 is 0 Å². The Kier molecular flexibility index (Phi) is 2.73. The monoisotopic (exact) mass is 244 g/mol. The van der Waals surface area contributed by atoms with Crippen LogP contribution in [0.1, 0.15) is 39.2 Å². The molecule has 2 aromatic heterocycles. The van der Waals surface area contributed by atoms with Gasteiger partial charge in [-0.05, 0) is 43.2 Å². The third-order valence-electron chi connectivity index (χ3n) is 4.19. The molecule has 4 heteroatoms. The lowest BCUT2D eigenvalue weighted by Gasteiger charge is -2.33. The van der Waals surface area contributed by atoms with Crippen LogP contribution >= 0.6 is 0 Å². The average molecular weight is 244 g/mol. The Morgan fingerprint density at radius 1 is 1.33 bits per heavy atom. The fourth-order valence-electron chi connectivity index (χ4n) is 3.31. The molecule has 3 unspecified atom stereocenters. The maximum absolute atomic E-state index is 6.09. The Hall–Kier alpha value is -1.58. The second kappa shape index (κ2) is 4.26. The van der Waals surface area contributed by atoms with Gasteiger partial charge in [0, 0.05) is 12.2 Å². The van der Waals surface area contributed by atoms with Crippen molar-refractivity contribution in [2.75, 3.05) is 5.73 Å². The fourth-order valence-corrected chi connectivity index (χ4v) is 3.31. The molecule has 1 aliphatic carbocycles. The van der Waals surface area contributed by atoms with Crippen molar-refractivity contribution >= 4 is 17.1 Å². The van der Waals surface area contributed by atoms with Gasteiger partial charge in [0.15, 0.2) is 5.65 Å². The summed E-state index contributed by atoms with van der Waals surface area (Å²) in [6.45, 7) is 4.65. The zero-order valence-electron chi connectivity index (χ0n) is 11.0. The number of aromatic nitrogens is 3. The first-order chi connectivity index (χ1) is 8.66. The van der Waals surface area contributed by atoms with Crippen molar-refractivity contribution in [3.05, 3.63) is 18.3 Å². The maximum Gasteiger partial charge on any atom is 0.202 e. The Morgan fingerprint density at radius 2 is 2.17 bits per heavy atom. The molecule has 3 atom stereocenters. The van der Waals surface area contributed by atoms with Gasteiger partial charge in [0.2, 0.25) is 5.95 Å². The highest BCUT2D eigenvalue weighted by molar-refractivity contribution is 5.74. The Bertz CT molecular complexity index is 560. The zero-order chi connectivity index (χ0) is 12.7. The molecule has 4 nitrogen and oxygen atoms in total. The van der Waals surface area contributed by atoms with Gasteiger partial charge in [0.25, 0.3) is 0 Å². The summed E-state index contributed by atoms with van der Waals surface area (Å²) in [7, 11) is 0. The van der Waals surface area contributed by atoms with Crippen LogP contribution in [-0.4, -0.2) is 14.5 Å². The summed E-state index contributed by atoms with van der Waals surface area (Å²) in [5, 5.41) is 0. The maximum atomic E-state index is 6.09. The van der Waals surface area contributed by atoms with E-state index in [9.17, 15) is 0 Å². The van der Waals surface area contributed by atoms with Gasteiger partial charge in [0.05, 0.1) is 0 Å². The lowest BCUT2D eigenvalue weighted by molar-refractivity contribution is 0.212. The van der Waals surface area contributed by atoms with E-state index < -0.39 is 0 Å². The molecule has 3 rings (SSSR count). The summed E-state index contributed by atoms with van der Waals surface area (Å²) in [5.41, 5.74) is 7.93. The molecule has 0 bridgehead atoms. The third-order valence-corrected chi connectivity index (χ3v) is 4.19. The van der Waals surface area contributed by atoms with Crippen LogP contribution in [0.25, 0.3) is 11.2 Å². The molecule has 0 saturated heterocycles. The normalized spacial score (nSPS) is 28.7. The van der Waals surface area contributed by atoms with Crippen LogP contribution in [0, 0.1) is 11.8 Å². The van der Waals surface area contributed by atoms with Crippen molar-refractivity contribution in [1.82, 2.24) is 14.5 Å². The largest absolute Gasteiger partial charge is 0.369 e. The minimum atomic E-state index is 0.445. The molecule has 2 aromatic rings. The van der Waals surface area contributed by atoms with Gasteiger partial charge in [-0.15, -0.1) is 0 Å². The molecule has 0 aromatic carbocycles. The minimum Gasteiger partial charge on any atom is -0.369 e. The quantitative estimate of drug-likeness (QED) is 0.839. The summed E-state index contributed by atoms with van der Waals surface area (Å²) in [5.74, 6) is 2.06. The van der Waals surface area contributed by atoms with Crippen LogP contribution in [0.5, 0.6) is 0 Å². The molecule has 0 amide bonds. The van der Waals surface area contributed by atoms with Gasteiger partial charge in [-0.3, -0.25) is 4.57 Å². The van der Waals surface area contributed by atoms with Gasteiger partial charge < -0.3 is 5.73 Å². The van der Waals surface area contributed by atoms with Gasteiger partial charge in [-0.1, -0.05) is 13.8 Å². The number of imidazole rings is 1. The van der Waals surface area contributed by atoms with E-state index in [4.69, 9.17) is 5.73 Å². The molecule has 18 heavy (non-hydrogen) atoms. The highest BCUT2D eigenvalue weighted by Crippen LogP contribution is 2.39. The predicted molar refractivity (Wildman–Crippen MR) is 73.2 cm³/mol. The Morgan fingerprint density at radius 3 is 2.94 bits per heavy atom. The van der Waals surface area contributed by atoms with Gasteiger partial charge in [0.1, 0.15) is 5.52 Å². The molecule has 1 aliphatic rings. The lowest BCUT2D eigenvalue weighted by Crippen LogP contribution is -2.25. The van der Waals surface area contributed by atoms with Crippen LogP contribution in [-0.2, 0) is 0 Å². The summed E-state index contributed by atoms with van der Waals surface area (Å²) in [6, 6.07) is 4.33. The van der Waals surface area contributed by atoms with E-state index >= 15 is 0 Å². The molecular formula is C14H20N4. The van der Waals surface area contributed by atoms with Crippen molar-refractivity contribution in [3.8, 4) is 0 Å². The molecule has 1 fully saturated rings. The number of hydrogen-bond acceptors (Lipinski definition) is 3. The van der Waals surface area contributed by atoms with E-state index in [0.717, 1.165) is 17.1 Å². The van der Waals surface area contributed by atoms with Crippen molar-refractivity contribution in [2.45, 2.75) is 39.2 Å². The summed E-state index contributed by atoms with van der Waals surface area (Å²) in [4.78, 5) is 8.87. The second-order valence-electron chi connectivity index (χ2n) is 5.65. The van der Waals surface area contributed by atoms with Crippen LogP contribution in [0.3, 0.4) is 0 Å². The molecule has 0 radical (unpaired) electrons. The number of anilines is 1. The van der Waals surface area contributed by atoms with E-state index in [-0.39, 0.29) is 0 Å². The van der Waals surface area contributed by atoms with Crippen molar-refractivity contribution in [3.63, 3.8) is 0 Å².